The van der Waals surface area contributed by atoms with Crippen molar-refractivity contribution in [2.24, 2.45) is 4.99 Å². The molecule has 0 spiro atoms. The summed E-state index contributed by atoms with van der Waals surface area (Å²) in [6, 6.07) is 69.7. The molecule has 9 aromatic rings. The molecule has 0 saturated carbocycles. The van der Waals surface area contributed by atoms with Gasteiger partial charge in [-0.1, -0.05) is 411 Å². The fraction of sp³-hybridized carbons (Fsp3) is 0.478. The van der Waals surface area contributed by atoms with Crippen LogP contribution < -0.4 is 9.47 Å². The topological polar surface area (TPSA) is 51.0 Å². The van der Waals surface area contributed by atoms with Crippen molar-refractivity contribution in [3.05, 3.63) is 262 Å². The summed E-state index contributed by atoms with van der Waals surface area (Å²) in [5.74, 6) is 1.33. The third-order valence-electron chi connectivity index (χ3n) is 27.8. The second kappa shape index (κ2) is 46.6. The standard InChI is InChI=1S/C114H145NO3.CH3.Ir/c1-9-15-21-27-33-39-67-112(68-40-34-28-22-16-10-2)104-74-86(8)49-61-98(104)99-63-57-91(78-106(99)112)92-59-65-102-103-66-60-94(81-109(103)114(108(102)80-92,71-43-37-31-25-19-13-5)72-44-38-32-26-20-14-6)93-58-64-101-100-62-56-90(77-105(100)113(107(101)79-93,69-41-35-29-23-17-11-3)70-42-36-30-24-18-12-4)89-54-52-88(53-55-89)84-118-97-76-95(111(116)110-46-45-73-115-110)75-96(82-97)117-83-87-50-47-85(7)48-51-87;;/h45-66,73-82,116H,9-44,67-72,83-84H2,1-8H3;1H3;/q;-1;/b111-110-;;. The molecule has 0 fully saturated rings. The predicted molar refractivity (Wildman–Crippen MR) is 514 cm³/mol. The van der Waals surface area contributed by atoms with Crippen LogP contribution in [0.1, 0.15) is 372 Å². The smallest absolute Gasteiger partial charge is 0.148 e. The quantitative estimate of drug-likeness (QED) is 0.0235. The average molecular weight is 1780 g/mol. The van der Waals surface area contributed by atoms with Crippen molar-refractivity contribution in [3.8, 4) is 78.3 Å². The fourth-order valence-electron chi connectivity index (χ4n) is 21.0. The van der Waals surface area contributed by atoms with Gasteiger partial charge in [0.15, 0.2) is 0 Å². The largest absolute Gasteiger partial charge is 0.505 e. The first-order chi connectivity index (χ1) is 58.0. The van der Waals surface area contributed by atoms with Gasteiger partial charge in [0, 0.05) is 54.2 Å². The molecule has 0 amide bonds. The van der Waals surface area contributed by atoms with E-state index in [4.69, 9.17) is 9.47 Å². The van der Waals surface area contributed by atoms with E-state index in [1.807, 2.05) is 30.4 Å². The second-order valence-electron chi connectivity index (χ2n) is 36.5. The van der Waals surface area contributed by atoms with Crippen LogP contribution >= 0.6 is 0 Å². The number of hydrogen-bond donors (Lipinski definition) is 1. The van der Waals surface area contributed by atoms with E-state index in [-0.39, 0.29) is 49.5 Å². The molecule has 3 aliphatic carbocycles. The number of rotatable bonds is 52. The zero-order valence-electron chi connectivity index (χ0n) is 75.6. The molecule has 0 saturated heterocycles. The number of unbranched alkanes of at least 4 members (excludes halogenated alkanes) is 30. The molecule has 120 heavy (non-hydrogen) atoms. The first kappa shape index (κ1) is 92.9. The first-order valence-electron chi connectivity index (χ1n) is 48.0. The molecule has 4 aliphatic rings. The Morgan fingerprint density at radius 2 is 0.550 bits per heavy atom. The molecule has 4 nitrogen and oxygen atoms in total. The summed E-state index contributed by atoms with van der Waals surface area (Å²) in [5, 5.41) is 11.5. The van der Waals surface area contributed by atoms with E-state index < -0.39 is 0 Å². The normalized spacial score (nSPS) is 14.3. The molecule has 5 heteroatoms. The van der Waals surface area contributed by atoms with E-state index in [1.165, 1.54) is 340 Å². The number of aliphatic hydroxyl groups excluding tert-OH is 1. The molecule has 9 aromatic carbocycles. The third-order valence-corrected chi connectivity index (χ3v) is 27.8. The second-order valence-corrected chi connectivity index (χ2v) is 36.5. The SMILES string of the molecule is CCCCCCCCC1(CCCCCCCC)c2cc(C)ccc2-c2ccc(-c3ccc4c(c3)C(CCCCCCCC)(CCCCCCCC)c3cc(-c5ccc6c(c5)C(CCCCCCCC)(CCCCCCCC)c5cc(-c7ccc(COc8cc(OCc9ccc(C)cc9)cc(/C(O)=C9\C=CC=N9)c8)cc7)ccc5-6)ccc3-4)cc21.[CH3-].[Ir]. The van der Waals surface area contributed by atoms with E-state index in [9.17, 15) is 5.11 Å². The van der Waals surface area contributed by atoms with Gasteiger partial charge in [0.05, 0.1) is 0 Å². The van der Waals surface area contributed by atoms with E-state index in [2.05, 4.69) is 218 Å². The number of aliphatic hydroxyl groups is 1. The number of aliphatic imine (C=N–C) groups is 1. The average Bonchev–Trinajstić information content (AvgIpc) is 1.56. The molecule has 0 atom stereocenters. The van der Waals surface area contributed by atoms with Crippen LogP contribution in [0.15, 0.2) is 199 Å². The van der Waals surface area contributed by atoms with Crippen LogP contribution in [0.5, 0.6) is 11.5 Å². The van der Waals surface area contributed by atoms with E-state index in [0.717, 1.165) is 24.0 Å². The maximum atomic E-state index is 11.5. The van der Waals surface area contributed by atoms with Gasteiger partial charge in [-0.15, -0.1) is 0 Å². The van der Waals surface area contributed by atoms with Crippen molar-refractivity contribution in [2.45, 2.75) is 355 Å². The van der Waals surface area contributed by atoms with Gasteiger partial charge in [0.2, 0.25) is 0 Å². The number of hydrogen-bond acceptors (Lipinski definition) is 4. The Labute approximate surface area is 741 Å². The van der Waals surface area contributed by atoms with Gasteiger partial charge >= 0.3 is 0 Å². The van der Waals surface area contributed by atoms with Crippen molar-refractivity contribution in [3.63, 3.8) is 0 Å². The number of benzene rings is 9. The summed E-state index contributed by atoms with van der Waals surface area (Å²) in [7, 11) is 0. The Hall–Kier alpha value is -7.82. The number of aryl methyl sites for hydroxylation is 2. The molecule has 0 bridgehead atoms. The minimum atomic E-state index is -0.119. The Bertz CT molecular complexity index is 4730. The molecular formula is C115H148IrNO3-. The molecule has 1 N–H and O–H groups in total. The van der Waals surface area contributed by atoms with Crippen LogP contribution in [-0.4, -0.2) is 11.3 Å². The molecule has 1 heterocycles. The maximum absolute atomic E-state index is 11.5. The first-order valence-corrected chi connectivity index (χ1v) is 48.0. The van der Waals surface area contributed by atoms with E-state index in [1.54, 1.807) is 34.0 Å². The third kappa shape index (κ3) is 22.6. The molecular weight excluding hydrogens is 1640 g/mol. The number of ether oxygens (including phenoxy) is 2. The van der Waals surface area contributed by atoms with Crippen molar-refractivity contribution >= 4 is 12.0 Å². The van der Waals surface area contributed by atoms with Gasteiger partial charge < -0.3 is 22.0 Å². The number of allylic oxidation sites excluding steroid dienone is 2. The monoisotopic (exact) mass is 1780 g/mol. The molecule has 641 valence electrons. The summed E-state index contributed by atoms with van der Waals surface area (Å²) in [6.45, 7) is 19.3. The van der Waals surface area contributed by atoms with Crippen molar-refractivity contribution in [2.75, 3.05) is 0 Å². The minimum absolute atomic E-state index is 0. The maximum Gasteiger partial charge on any atom is 0.148 e. The van der Waals surface area contributed by atoms with Gasteiger partial charge in [0.25, 0.3) is 0 Å². The summed E-state index contributed by atoms with van der Waals surface area (Å²) >= 11 is 0. The van der Waals surface area contributed by atoms with Gasteiger partial charge in [-0.05, 0) is 218 Å². The van der Waals surface area contributed by atoms with Gasteiger partial charge in [-0.3, -0.25) is 4.99 Å². The Morgan fingerprint density at radius 1 is 0.292 bits per heavy atom. The summed E-state index contributed by atoms with van der Waals surface area (Å²) in [6.07, 6.45) is 59.5. The van der Waals surface area contributed by atoms with Crippen molar-refractivity contribution in [1.29, 1.82) is 0 Å². The molecule has 1 aliphatic heterocycles. The number of nitrogens with zero attached hydrogens (tertiary/aromatic N) is 1. The Balaban J connectivity index is 0.00000704. The van der Waals surface area contributed by atoms with Crippen LogP contribution in [0.2, 0.25) is 0 Å². The summed E-state index contributed by atoms with van der Waals surface area (Å²) < 4.78 is 13.0. The summed E-state index contributed by atoms with van der Waals surface area (Å²) in [5.41, 5.74) is 32.0. The Morgan fingerprint density at radius 3 is 0.850 bits per heavy atom. The van der Waals surface area contributed by atoms with Crippen LogP contribution in [0, 0.1) is 21.3 Å². The van der Waals surface area contributed by atoms with Crippen molar-refractivity contribution in [1.82, 2.24) is 0 Å². The van der Waals surface area contributed by atoms with Crippen LogP contribution in [0.3, 0.4) is 0 Å². The predicted octanol–water partition coefficient (Wildman–Crippen LogP) is 35.1. The van der Waals surface area contributed by atoms with Gasteiger partial charge in [-0.25, -0.2) is 0 Å². The zero-order valence-corrected chi connectivity index (χ0v) is 78.0. The van der Waals surface area contributed by atoms with Crippen LogP contribution in [0.25, 0.3) is 72.5 Å². The van der Waals surface area contributed by atoms with Crippen molar-refractivity contribution < 1.29 is 34.7 Å². The van der Waals surface area contributed by atoms with Gasteiger partial charge in [-0.2, -0.15) is 0 Å². The van der Waals surface area contributed by atoms with Crippen LogP contribution in [0.4, 0.5) is 0 Å². The molecule has 0 aromatic heterocycles. The fourth-order valence-corrected chi connectivity index (χ4v) is 21.0. The zero-order chi connectivity index (χ0) is 81.9. The number of fused-ring (bicyclic) bond motifs is 9. The van der Waals surface area contributed by atoms with E-state index in [0.29, 0.717) is 36.0 Å². The molecule has 0 unspecified atom stereocenters. The molecule has 13 rings (SSSR count). The Kier molecular flexibility index (Phi) is 36.1. The van der Waals surface area contributed by atoms with E-state index >= 15 is 0 Å². The molecule has 1 radical (unpaired) electrons. The summed E-state index contributed by atoms with van der Waals surface area (Å²) in [4.78, 5) is 4.40. The van der Waals surface area contributed by atoms with Gasteiger partial charge in [0.1, 0.15) is 36.2 Å². The van der Waals surface area contributed by atoms with Crippen LogP contribution in [-0.2, 0) is 49.6 Å². The minimum Gasteiger partial charge on any atom is -0.505 e.